The zero-order chi connectivity index (χ0) is 15.1. The number of aromatic amines is 1. The fourth-order valence-corrected chi connectivity index (χ4v) is 2.19. The van der Waals surface area contributed by atoms with Crippen molar-refractivity contribution in [3.8, 4) is 11.5 Å². The van der Waals surface area contributed by atoms with E-state index in [1.165, 1.54) is 6.07 Å². The first-order chi connectivity index (χ1) is 9.10. The van der Waals surface area contributed by atoms with Gasteiger partial charge in [-0.15, -0.1) is 0 Å². The van der Waals surface area contributed by atoms with E-state index in [1.807, 2.05) is 20.8 Å². The summed E-state index contributed by atoms with van der Waals surface area (Å²) in [6.07, 6.45) is -3.61. The molecule has 108 valence electrons. The predicted octanol–water partition coefficient (Wildman–Crippen LogP) is 3.78. The topological polar surface area (TPSA) is 46.5 Å². The van der Waals surface area contributed by atoms with Crippen LogP contribution in [0, 0.1) is 4.77 Å². The molecule has 1 N–H and O–H groups in total. The second-order valence-corrected chi connectivity index (χ2v) is 5.68. The first-order valence-corrected chi connectivity index (χ1v) is 6.23. The van der Waals surface area contributed by atoms with E-state index >= 15 is 0 Å². The molecule has 2 rings (SSSR count). The highest BCUT2D eigenvalue weighted by Gasteiger charge is 2.31. The summed E-state index contributed by atoms with van der Waals surface area (Å²) in [5.41, 5.74) is -0.818. The fourth-order valence-electron chi connectivity index (χ4n) is 1.78. The molecule has 0 radical (unpaired) electrons. The summed E-state index contributed by atoms with van der Waals surface area (Å²) in [6.45, 7) is 5.77. The Labute approximate surface area is 118 Å². The standard InChI is InChI=1S/C12H13F3N4S/c1-11(2,3)19-9(17-18-10(19)20)8-5-4-7(6-16-8)12(13,14)15/h4-6H,1-3H3,(H,18,20). The van der Waals surface area contributed by atoms with Crippen molar-refractivity contribution in [2.24, 2.45) is 0 Å². The lowest BCUT2D eigenvalue weighted by Gasteiger charge is -2.22. The summed E-state index contributed by atoms with van der Waals surface area (Å²) in [5, 5.41) is 6.69. The SMILES string of the molecule is CC(C)(C)n1c(-c2ccc(C(F)(F)F)cn2)n[nH]c1=S. The van der Waals surface area contributed by atoms with Gasteiger partial charge in [-0.3, -0.25) is 14.6 Å². The average Bonchev–Trinajstić information content (AvgIpc) is 2.70. The number of nitrogens with zero attached hydrogens (tertiary/aromatic N) is 3. The number of hydrogen-bond donors (Lipinski definition) is 1. The largest absolute Gasteiger partial charge is 0.417 e. The molecule has 2 aromatic heterocycles. The molecular weight excluding hydrogens is 289 g/mol. The highest BCUT2D eigenvalue weighted by atomic mass is 32.1. The highest BCUT2D eigenvalue weighted by molar-refractivity contribution is 7.71. The van der Waals surface area contributed by atoms with E-state index in [1.54, 1.807) is 4.57 Å². The zero-order valence-electron chi connectivity index (χ0n) is 11.1. The van der Waals surface area contributed by atoms with Gasteiger partial charge >= 0.3 is 6.18 Å². The molecule has 0 amide bonds. The molecule has 0 aliphatic carbocycles. The summed E-state index contributed by atoms with van der Waals surface area (Å²) in [6, 6.07) is 2.27. The van der Waals surface area contributed by atoms with Gasteiger partial charge in [0.25, 0.3) is 0 Å². The lowest BCUT2D eigenvalue weighted by molar-refractivity contribution is -0.137. The molecule has 4 nitrogen and oxygen atoms in total. The molecule has 0 bridgehead atoms. The van der Waals surface area contributed by atoms with Gasteiger partial charge in [0.05, 0.1) is 5.56 Å². The van der Waals surface area contributed by atoms with Crippen molar-refractivity contribution in [2.75, 3.05) is 0 Å². The van der Waals surface area contributed by atoms with E-state index in [4.69, 9.17) is 12.2 Å². The molecule has 0 unspecified atom stereocenters. The number of hydrogen-bond acceptors (Lipinski definition) is 3. The van der Waals surface area contributed by atoms with E-state index in [-0.39, 0.29) is 5.54 Å². The zero-order valence-corrected chi connectivity index (χ0v) is 11.9. The van der Waals surface area contributed by atoms with Crippen molar-refractivity contribution in [3.05, 3.63) is 28.7 Å². The molecule has 0 aliphatic rings. The molecule has 0 fully saturated rings. The molecule has 0 atom stereocenters. The second-order valence-electron chi connectivity index (χ2n) is 5.29. The first-order valence-electron chi connectivity index (χ1n) is 5.82. The van der Waals surface area contributed by atoms with E-state index in [0.29, 0.717) is 16.3 Å². The molecule has 2 heterocycles. The number of alkyl halides is 3. The normalized spacial score (nSPS) is 12.7. The second kappa shape index (κ2) is 4.69. The molecule has 0 spiro atoms. The van der Waals surface area contributed by atoms with Gasteiger partial charge in [-0.2, -0.15) is 18.3 Å². The fraction of sp³-hybridized carbons (Fsp3) is 0.417. The molecule has 8 heteroatoms. The molecular formula is C12H13F3N4S. The van der Waals surface area contributed by atoms with Crippen LogP contribution in [0.2, 0.25) is 0 Å². The minimum atomic E-state index is -4.40. The van der Waals surface area contributed by atoms with Crippen LogP contribution < -0.4 is 0 Å². The smallest absolute Gasteiger partial charge is 0.293 e. The Morgan fingerprint density at radius 3 is 2.30 bits per heavy atom. The summed E-state index contributed by atoms with van der Waals surface area (Å²) in [5.74, 6) is 0.413. The van der Waals surface area contributed by atoms with Gasteiger partial charge in [0.15, 0.2) is 10.6 Å². The average molecular weight is 302 g/mol. The van der Waals surface area contributed by atoms with Crippen molar-refractivity contribution in [3.63, 3.8) is 0 Å². The van der Waals surface area contributed by atoms with Crippen LogP contribution in [0.3, 0.4) is 0 Å². The number of rotatable bonds is 1. The molecule has 0 saturated heterocycles. The van der Waals surface area contributed by atoms with Crippen LogP contribution in [0.1, 0.15) is 26.3 Å². The summed E-state index contributed by atoms with van der Waals surface area (Å²) < 4.78 is 39.7. The van der Waals surface area contributed by atoms with Crippen LogP contribution in [-0.2, 0) is 11.7 Å². The quantitative estimate of drug-likeness (QED) is 0.816. The maximum atomic E-state index is 12.5. The Hall–Kier alpha value is -1.70. The van der Waals surface area contributed by atoms with Gasteiger partial charge in [0, 0.05) is 11.7 Å². The monoisotopic (exact) mass is 302 g/mol. The van der Waals surface area contributed by atoms with Crippen LogP contribution in [0.5, 0.6) is 0 Å². The summed E-state index contributed by atoms with van der Waals surface area (Å²) in [7, 11) is 0. The van der Waals surface area contributed by atoms with Crippen molar-refractivity contribution >= 4 is 12.2 Å². The number of halogens is 3. The number of pyridine rings is 1. The van der Waals surface area contributed by atoms with Crippen molar-refractivity contribution in [1.82, 2.24) is 19.7 Å². The summed E-state index contributed by atoms with van der Waals surface area (Å²) >= 11 is 5.14. The Kier molecular flexibility index (Phi) is 3.45. The van der Waals surface area contributed by atoms with E-state index in [2.05, 4.69) is 15.2 Å². The van der Waals surface area contributed by atoms with Crippen LogP contribution in [0.25, 0.3) is 11.5 Å². The van der Waals surface area contributed by atoms with E-state index < -0.39 is 11.7 Å². The van der Waals surface area contributed by atoms with Gasteiger partial charge in [-0.1, -0.05) is 0 Å². The Morgan fingerprint density at radius 1 is 1.20 bits per heavy atom. The Balaban J connectivity index is 2.51. The van der Waals surface area contributed by atoms with Gasteiger partial charge < -0.3 is 0 Å². The third kappa shape index (κ3) is 2.74. The van der Waals surface area contributed by atoms with Crippen molar-refractivity contribution in [1.29, 1.82) is 0 Å². The molecule has 0 aromatic carbocycles. The Bertz CT molecular complexity index is 662. The van der Waals surface area contributed by atoms with Gasteiger partial charge in [0.2, 0.25) is 0 Å². The van der Waals surface area contributed by atoms with Crippen LogP contribution in [0.15, 0.2) is 18.3 Å². The van der Waals surface area contributed by atoms with Gasteiger partial charge in [-0.05, 0) is 45.1 Å². The highest BCUT2D eigenvalue weighted by Crippen LogP contribution is 2.30. The minimum absolute atomic E-state index is 0.334. The van der Waals surface area contributed by atoms with Crippen LogP contribution >= 0.6 is 12.2 Å². The molecule has 2 aromatic rings. The Morgan fingerprint density at radius 2 is 1.85 bits per heavy atom. The lowest BCUT2D eigenvalue weighted by atomic mass is 10.1. The third-order valence-corrected chi connectivity index (χ3v) is 2.94. The van der Waals surface area contributed by atoms with Gasteiger partial charge in [-0.25, -0.2) is 0 Å². The van der Waals surface area contributed by atoms with Gasteiger partial charge in [0.1, 0.15) is 5.69 Å². The number of aromatic nitrogens is 4. The lowest BCUT2D eigenvalue weighted by Crippen LogP contribution is -2.23. The van der Waals surface area contributed by atoms with Crippen molar-refractivity contribution < 1.29 is 13.2 Å². The number of nitrogens with one attached hydrogen (secondary N) is 1. The summed E-state index contributed by atoms with van der Waals surface area (Å²) in [4.78, 5) is 3.83. The minimum Gasteiger partial charge on any atom is -0.293 e. The molecule has 0 saturated carbocycles. The maximum Gasteiger partial charge on any atom is 0.417 e. The van der Waals surface area contributed by atoms with E-state index in [9.17, 15) is 13.2 Å². The third-order valence-electron chi connectivity index (χ3n) is 2.66. The number of H-pyrrole nitrogens is 1. The predicted molar refractivity (Wildman–Crippen MR) is 70.6 cm³/mol. The van der Waals surface area contributed by atoms with Crippen molar-refractivity contribution in [2.45, 2.75) is 32.5 Å². The van der Waals surface area contributed by atoms with Crippen LogP contribution in [-0.4, -0.2) is 19.7 Å². The molecule has 20 heavy (non-hydrogen) atoms. The van der Waals surface area contributed by atoms with Crippen LogP contribution in [0.4, 0.5) is 13.2 Å². The maximum absolute atomic E-state index is 12.5. The first kappa shape index (κ1) is 14.7. The van der Waals surface area contributed by atoms with E-state index in [0.717, 1.165) is 12.3 Å². The molecule has 0 aliphatic heterocycles.